The van der Waals surface area contributed by atoms with Crippen molar-refractivity contribution >= 4 is 0 Å². The van der Waals surface area contributed by atoms with E-state index >= 15 is 0 Å². The van der Waals surface area contributed by atoms with Gasteiger partial charge in [-0.2, -0.15) is 0 Å². The van der Waals surface area contributed by atoms with Gasteiger partial charge in [0, 0.05) is 5.56 Å². The largest absolute Gasteiger partial charge is 0.271 e. The van der Waals surface area contributed by atoms with E-state index in [-0.39, 0.29) is 5.56 Å². The number of hydrazine groups is 1. The predicted octanol–water partition coefficient (Wildman–Crippen LogP) is 3.84. The first kappa shape index (κ1) is 15.6. The van der Waals surface area contributed by atoms with Crippen molar-refractivity contribution in [3.05, 3.63) is 70.8 Å². The van der Waals surface area contributed by atoms with Crippen LogP contribution in [0.1, 0.15) is 42.5 Å². The van der Waals surface area contributed by atoms with Crippen LogP contribution >= 0.6 is 0 Å². The fourth-order valence-corrected chi connectivity index (χ4v) is 2.31. The molecule has 2 aromatic rings. The number of rotatable bonds is 5. The second-order valence-corrected chi connectivity index (χ2v) is 5.49. The molecule has 2 rings (SSSR count). The van der Waals surface area contributed by atoms with Gasteiger partial charge in [0.15, 0.2) is 0 Å². The number of nitrogens with two attached hydrogens (primary N) is 1. The summed E-state index contributed by atoms with van der Waals surface area (Å²) in [5.41, 5.74) is 5.07. The molecule has 0 aliphatic rings. The topological polar surface area (TPSA) is 38.0 Å². The fourth-order valence-electron chi connectivity index (χ4n) is 2.31. The highest BCUT2D eigenvalue weighted by Gasteiger charge is 2.16. The molecule has 0 fully saturated rings. The number of hydrogen-bond donors (Lipinski definition) is 2. The summed E-state index contributed by atoms with van der Waals surface area (Å²) in [6.45, 7) is 4.25. The molecule has 0 aromatic heterocycles. The minimum Gasteiger partial charge on any atom is -0.271 e. The first-order chi connectivity index (χ1) is 10.0. The molecule has 21 heavy (non-hydrogen) atoms. The van der Waals surface area contributed by atoms with Crippen molar-refractivity contribution in [2.24, 2.45) is 5.84 Å². The zero-order valence-corrected chi connectivity index (χ0v) is 12.2. The standard InChI is InChI=1S/C17H20F2N2/c1-11(2)13-5-3-12(4-6-13)9-17(21-20)15-10-14(18)7-8-16(15)19/h3-8,10-11,17,21H,9,20H2,1-2H3. The second-order valence-electron chi connectivity index (χ2n) is 5.49. The molecular weight excluding hydrogens is 270 g/mol. The van der Waals surface area contributed by atoms with E-state index in [1.54, 1.807) is 0 Å². The van der Waals surface area contributed by atoms with Crippen LogP contribution in [0.15, 0.2) is 42.5 Å². The van der Waals surface area contributed by atoms with E-state index in [0.717, 1.165) is 17.7 Å². The van der Waals surface area contributed by atoms with Crippen molar-refractivity contribution in [1.82, 2.24) is 5.43 Å². The van der Waals surface area contributed by atoms with Crippen LogP contribution in [-0.4, -0.2) is 0 Å². The van der Waals surface area contributed by atoms with Gasteiger partial charge in [0.25, 0.3) is 0 Å². The first-order valence-electron chi connectivity index (χ1n) is 7.01. The number of nitrogens with one attached hydrogen (secondary N) is 1. The van der Waals surface area contributed by atoms with Crippen LogP contribution in [0.4, 0.5) is 8.78 Å². The number of benzene rings is 2. The van der Waals surface area contributed by atoms with E-state index in [1.165, 1.54) is 11.6 Å². The molecule has 4 heteroatoms. The van der Waals surface area contributed by atoms with Crippen molar-refractivity contribution in [3.63, 3.8) is 0 Å². The molecule has 0 saturated heterocycles. The van der Waals surface area contributed by atoms with Crippen molar-refractivity contribution in [2.45, 2.75) is 32.2 Å². The minimum absolute atomic E-state index is 0.241. The molecule has 2 nitrogen and oxygen atoms in total. The van der Waals surface area contributed by atoms with E-state index in [2.05, 4.69) is 31.4 Å². The summed E-state index contributed by atoms with van der Waals surface area (Å²) >= 11 is 0. The third-order valence-electron chi connectivity index (χ3n) is 3.62. The lowest BCUT2D eigenvalue weighted by Crippen LogP contribution is -2.30. The molecule has 3 N–H and O–H groups in total. The fraction of sp³-hybridized carbons (Fsp3) is 0.294. The van der Waals surface area contributed by atoms with Crippen LogP contribution in [0.25, 0.3) is 0 Å². The van der Waals surface area contributed by atoms with Crippen LogP contribution in [0.2, 0.25) is 0 Å². The Hall–Kier alpha value is -1.78. The van der Waals surface area contributed by atoms with Crippen LogP contribution in [-0.2, 0) is 6.42 Å². The summed E-state index contributed by atoms with van der Waals surface area (Å²) in [7, 11) is 0. The number of hydrogen-bond acceptors (Lipinski definition) is 2. The van der Waals surface area contributed by atoms with E-state index in [4.69, 9.17) is 5.84 Å². The van der Waals surface area contributed by atoms with Gasteiger partial charge in [0.2, 0.25) is 0 Å². The Bertz CT molecular complexity index is 594. The molecular formula is C17H20F2N2. The minimum atomic E-state index is -0.471. The highest BCUT2D eigenvalue weighted by molar-refractivity contribution is 5.28. The SMILES string of the molecule is CC(C)c1ccc(CC(NN)c2cc(F)ccc2F)cc1. The van der Waals surface area contributed by atoms with Crippen molar-refractivity contribution in [1.29, 1.82) is 0 Å². The average molecular weight is 290 g/mol. The zero-order valence-electron chi connectivity index (χ0n) is 12.2. The maximum absolute atomic E-state index is 13.8. The Morgan fingerprint density at radius 3 is 2.29 bits per heavy atom. The van der Waals surface area contributed by atoms with Gasteiger partial charge >= 0.3 is 0 Å². The summed E-state index contributed by atoms with van der Waals surface area (Å²) < 4.78 is 27.1. The Balaban J connectivity index is 2.20. The highest BCUT2D eigenvalue weighted by Crippen LogP contribution is 2.23. The Kier molecular flexibility index (Phi) is 5.04. The van der Waals surface area contributed by atoms with Gasteiger partial charge in [-0.15, -0.1) is 0 Å². The number of halogens is 2. The Morgan fingerprint density at radius 1 is 1.05 bits per heavy atom. The van der Waals surface area contributed by atoms with Gasteiger partial charge in [-0.1, -0.05) is 38.1 Å². The Morgan fingerprint density at radius 2 is 1.71 bits per heavy atom. The summed E-state index contributed by atoms with van der Waals surface area (Å²) in [5.74, 6) is 5.04. The van der Waals surface area contributed by atoms with Crippen LogP contribution in [0.3, 0.4) is 0 Å². The quantitative estimate of drug-likeness (QED) is 0.648. The average Bonchev–Trinajstić information content (AvgIpc) is 2.48. The first-order valence-corrected chi connectivity index (χ1v) is 7.01. The maximum Gasteiger partial charge on any atom is 0.128 e. The molecule has 0 heterocycles. The third kappa shape index (κ3) is 3.86. The molecule has 0 saturated carbocycles. The predicted molar refractivity (Wildman–Crippen MR) is 80.7 cm³/mol. The lowest BCUT2D eigenvalue weighted by Gasteiger charge is -2.18. The van der Waals surface area contributed by atoms with Gasteiger partial charge in [0.1, 0.15) is 11.6 Å². The molecule has 0 aliphatic carbocycles. The van der Waals surface area contributed by atoms with E-state index in [0.29, 0.717) is 12.3 Å². The summed E-state index contributed by atoms with van der Waals surface area (Å²) in [4.78, 5) is 0. The molecule has 0 bridgehead atoms. The lowest BCUT2D eigenvalue weighted by molar-refractivity contribution is 0.502. The van der Waals surface area contributed by atoms with Gasteiger partial charge in [0.05, 0.1) is 6.04 Å². The highest BCUT2D eigenvalue weighted by atomic mass is 19.1. The molecule has 2 aromatic carbocycles. The second kappa shape index (κ2) is 6.78. The van der Waals surface area contributed by atoms with Crippen molar-refractivity contribution < 1.29 is 8.78 Å². The van der Waals surface area contributed by atoms with Crippen LogP contribution in [0.5, 0.6) is 0 Å². The van der Waals surface area contributed by atoms with Gasteiger partial charge < -0.3 is 0 Å². The lowest BCUT2D eigenvalue weighted by atomic mass is 9.96. The summed E-state index contributed by atoms with van der Waals surface area (Å²) in [6, 6.07) is 11.0. The molecule has 1 unspecified atom stereocenters. The van der Waals surface area contributed by atoms with Crippen molar-refractivity contribution in [2.75, 3.05) is 0 Å². The van der Waals surface area contributed by atoms with E-state index in [1.807, 2.05) is 12.1 Å². The molecule has 0 aliphatic heterocycles. The zero-order chi connectivity index (χ0) is 15.4. The van der Waals surface area contributed by atoms with Gasteiger partial charge in [-0.05, 0) is 41.7 Å². The molecule has 0 spiro atoms. The maximum atomic E-state index is 13.8. The molecule has 0 amide bonds. The smallest absolute Gasteiger partial charge is 0.128 e. The third-order valence-corrected chi connectivity index (χ3v) is 3.62. The van der Waals surface area contributed by atoms with Crippen LogP contribution in [0, 0.1) is 11.6 Å². The molecule has 0 radical (unpaired) electrons. The van der Waals surface area contributed by atoms with E-state index < -0.39 is 17.7 Å². The van der Waals surface area contributed by atoms with Gasteiger partial charge in [-0.3, -0.25) is 11.3 Å². The summed E-state index contributed by atoms with van der Waals surface area (Å²) in [5, 5.41) is 0. The Labute approximate surface area is 124 Å². The summed E-state index contributed by atoms with van der Waals surface area (Å²) in [6.07, 6.45) is 0.495. The molecule has 1 atom stereocenters. The molecule has 112 valence electrons. The monoisotopic (exact) mass is 290 g/mol. The van der Waals surface area contributed by atoms with Gasteiger partial charge in [-0.25, -0.2) is 8.78 Å². The van der Waals surface area contributed by atoms with E-state index in [9.17, 15) is 8.78 Å². The van der Waals surface area contributed by atoms with Crippen LogP contribution < -0.4 is 11.3 Å². The normalized spacial score (nSPS) is 12.7. The van der Waals surface area contributed by atoms with Crippen molar-refractivity contribution in [3.8, 4) is 0 Å².